The Bertz CT molecular complexity index is 623. The number of aromatic nitrogens is 2. The normalized spacial score (nSPS) is 27.0. The first-order valence-electron chi connectivity index (χ1n) is 7.53. The first kappa shape index (κ1) is 14.6. The van der Waals surface area contributed by atoms with Crippen molar-refractivity contribution >= 4 is 11.6 Å². The topological polar surface area (TPSA) is 41.9 Å². The number of ketones is 2. The minimum Gasteiger partial charge on any atom is -0.299 e. The molecule has 0 N–H and O–H groups in total. The molecule has 1 aliphatic carbocycles. The number of Topliss-reactive ketones (excluding diaryl/α,β-unsaturated/α-hetero) is 2. The summed E-state index contributed by atoms with van der Waals surface area (Å²) in [7, 11) is 0. The number of pyridine rings is 2. The van der Waals surface area contributed by atoms with Gasteiger partial charge in [-0.3, -0.25) is 9.59 Å². The van der Waals surface area contributed by atoms with Gasteiger partial charge in [-0.25, -0.2) is 0 Å². The maximum atomic E-state index is 12.1. The van der Waals surface area contributed by atoms with E-state index in [2.05, 4.69) is 9.13 Å². The van der Waals surface area contributed by atoms with Crippen LogP contribution in [0.3, 0.4) is 0 Å². The number of nitrogens with zero attached hydrogens (tertiary/aromatic N) is 2. The number of carbonyl (C=O) groups excluding carboxylic acids is 2. The second-order valence-electron chi connectivity index (χ2n) is 5.90. The van der Waals surface area contributed by atoms with Gasteiger partial charge in [0.15, 0.2) is 24.8 Å². The van der Waals surface area contributed by atoms with E-state index in [1.54, 1.807) is 13.8 Å². The molecule has 22 heavy (non-hydrogen) atoms. The molecule has 0 amide bonds. The third-order valence-electron chi connectivity index (χ3n) is 4.58. The molecule has 3 rings (SSSR count). The van der Waals surface area contributed by atoms with Crippen molar-refractivity contribution in [2.75, 3.05) is 0 Å². The van der Waals surface area contributed by atoms with Crippen molar-refractivity contribution in [3.05, 3.63) is 61.2 Å². The predicted octanol–water partition coefficient (Wildman–Crippen LogP) is 1.47. The summed E-state index contributed by atoms with van der Waals surface area (Å²) in [6.45, 7) is 3.17. The van der Waals surface area contributed by atoms with Crippen LogP contribution in [0.2, 0.25) is 0 Å². The lowest BCUT2D eigenvalue weighted by molar-refractivity contribution is -0.845. The molecule has 4 atom stereocenters. The zero-order chi connectivity index (χ0) is 15.7. The van der Waals surface area contributed by atoms with Gasteiger partial charge in [0.1, 0.15) is 23.4 Å². The molecule has 2 aromatic rings. The number of rotatable bonds is 4. The van der Waals surface area contributed by atoms with E-state index in [0.717, 1.165) is 0 Å². The van der Waals surface area contributed by atoms with Crippen LogP contribution in [0.25, 0.3) is 0 Å². The third kappa shape index (κ3) is 2.34. The lowest BCUT2D eigenvalue weighted by Crippen LogP contribution is -2.69. The van der Waals surface area contributed by atoms with E-state index in [1.807, 2.05) is 61.2 Å². The summed E-state index contributed by atoms with van der Waals surface area (Å²) in [4.78, 5) is 24.3. The summed E-state index contributed by atoms with van der Waals surface area (Å²) >= 11 is 0. The average molecular weight is 296 g/mol. The summed E-state index contributed by atoms with van der Waals surface area (Å²) in [5, 5.41) is 0. The zero-order valence-corrected chi connectivity index (χ0v) is 12.8. The van der Waals surface area contributed by atoms with E-state index < -0.39 is 0 Å². The van der Waals surface area contributed by atoms with Gasteiger partial charge >= 0.3 is 0 Å². The maximum absolute atomic E-state index is 12.1. The van der Waals surface area contributed by atoms with Crippen LogP contribution in [0.15, 0.2) is 61.2 Å². The number of carbonyl (C=O) groups is 2. The second kappa shape index (κ2) is 5.79. The Morgan fingerprint density at radius 2 is 0.955 bits per heavy atom. The smallest absolute Gasteiger partial charge is 0.230 e. The van der Waals surface area contributed by atoms with Crippen molar-refractivity contribution in [3.8, 4) is 0 Å². The monoisotopic (exact) mass is 296 g/mol. The first-order chi connectivity index (χ1) is 10.6. The minimum atomic E-state index is -0.261. The SMILES string of the molecule is CC(=O)[C@@H]1[C@H](C(C)=O)[C@@H]([n+]2ccccc2)[C@H]1[n+]1ccccc1. The average Bonchev–Trinajstić information content (AvgIpc) is 2.47. The largest absolute Gasteiger partial charge is 0.299 e. The molecule has 0 aliphatic heterocycles. The van der Waals surface area contributed by atoms with E-state index in [0.29, 0.717) is 0 Å². The molecule has 4 heteroatoms. The van der Waals surface area contributed by atoms with E-state index in [9.17, 15) is 9.59 Å². The van der Waals surface area contributed by atoms with Crippen molar-refractivity contribution in [3.63, 3.8) is 0 Å². The molecule has 4 nitrogen and oxygen atoms in total. The highest BCUT2D eigenvalue weighted by atomic mass is 16.1. The summed E-state index contributed by atoms with van der Waals surface area (Å²) in [6.07, 6.45) is 7.86. The van der Waals surface area contributed by atoms with Gasteiger partial charge in [-0.05, 0) is 13.8 Å². The minimum absolute atomic E-state index is 0.0278. The summed E-state index contributed by atoms with van der Waals surface area (Å²) < 4.78 is 4.10. The molecule has 112 valence electrons. The second-order valence-corrected chi connectivity index (χ2v) is 5.90. The molecule has 1 saturated carbocycles. The van der Waals surface area contributed by atoms with Crippen LogP contribution in [-0.4, -0.2) is 11.6 Å². The molecule has 0 spiro atoms. The Hall–Kier alpha value is -2.36. The highest BCUT2D eigenvalue weighted by molar-refractivity contribution is 5.90. The van der Waals surface area contributed by atoms with Crippen LogP contribution in [0, 0.1) is 11.8 Å². The van der Waals surface area contributed by atoms with Crippen molar-refractivity contribution in [1.29, 1.82) is 0 Å². The Morgan fingerprint density at radius 3 is 1.23 bits per heavy atom. The molecule has 0 radical (unpaired) electrons. The fraction of sp³-hybridized carbons (Fsp3) is 0.333. The molecule has 1 aliphatic rings. The van der Waals surface area contributed by atoms with Crippen molar-refractivity contribution in [2.24, 2.45) is 11.8 Å². The molecule has 0 saturated heterocycles. The van der Waals surface area contributed by atoms with Crippen LogP contribution in [0.1, 0.15) is 25.9 Å². The lowest BCUT2D eigenvalue weighted by Gasteiger charge is -2.41. The van der Waals surface area contributed by atoms with E-state index in [-0.39, 0.29) is 35.5 Å². The summed E-state index contributed by atoms with van der Waals surface area (Å²) in [5.41, 5.74) is 0. The van der Waals surface area contributed by atoms with Gasteiger partial charge < -0.3 is 0 Å². The fourth-order valence-corrected chi connectivity index (χ4v) is 3.64. The standard InChI is InChI=1S/C18H20N2O2/c1-13(21)15-16(14(2)22)18(20-11-7-4-8-12-20)17(15)19-9-5-3-6-10-19/h3-12,15-18H,1-2H3/q+2/t15-,16+,17+,18-. The first-order valence-corrected chi connectivity index (χ1v) is 7.53. The van der Waals surface area contributed by atoms with Crippen LogP contribution in [-0.2, 0) is 9.59 Å². The van der Waals surface area contributed by atoms with E-state index in [1.165, 1.54) is 0 Å². The van der Waals surface area contributed by atoms with Gasteiger partial charge in [0.25, 0.3) is 0 Å². The third-order valence-corrected chi connectivity index (χ3v) is 4.58. The van der Waals surface area contributed by atoms with E-state index in [4.69, 9.17) is 0 Å². The highest BCUT2D eigenvalue weighted by Gasteiger charge is 2.65. The summed E-state index contributed by atoms with van der Waals surface area (Å²) in [5.74, 6) is -0.367. The number of hydrogen-bond acceptors (Lipinski definition) is 2. The van der Waals surface area contributed by atoms with Crippen LogP contribution >= 0.6 is 0 Å². The maximum Gasteiger partial charge on any atom is 0.230 e. The van der Waals surface area contributed by atoms with Crippen LogP contribution in [0.4, 0.5) is 0 Å². The van der Waals surface area contributed by atoms with Crippen LogP contribution < -0.4 is 9.13 Å². The molecule has 0 aromatic carbocycles. The van der Waals surface area contributed by atoms with Gasteiger partial charge in [-0.2, -0.15) is 9.13 Å². The Kier molecular flexibility index (Phi) is 3.84. The van der Waals surface area contributed by atoms with Gasteiger partial charge in [0, 0.05) is 24.3 Å². The molecule has 0 unspecified atom stereocenters. The van der Waals surface area contributed by atoms with E-state index >= 15 is 0 Å². The molecular formula is C18H20N2O2+2. The zero-order valence-electron chi connectivity index (χ0n) is 12.8. The fourth-order valence-electron chi connectivity index (χ4n) is 3.64. The van der Waals surface area contributed by atoms with Gasteiger partial charge in [0.2, 0.25) is 12.1 Å². The van der Waals surface area contributed by atoms with Gasteiger partial charge in [-0.15, -0.1) is 0 Å². The lowest BCUT2D eigenvalue weighted by atomic mass is 9.61. The quantitative estimate of drug-likeness (QED) is 0.802. The Morgan fingerprint density at radius 1 is 0.636 bits per heavy atom. The van der Waals surface area contributed by atoms with Crippen LogP contribution in [0.5, 0.6) is 0 Å². The molecule has 1 fully saturated rings. The molecular weight excluding hydrogens is 276 g/mol. The van der Waals surface area contributed by atoms with Gasteiger partial charge in [0.05, 0.1) is 0 Å². The van der Waals surface area contributed by atoms with Crippen molar-refractivity contribution in [1.82, 2.24) is 0 Å². The predicted molar refractivity (Wildman–Crippen MR) is 79.7 cm³/mol. The highest BCUT2D eigenvalue weighted by Crippen LogP contribution is 2.48. The van der Waals surface area contributed by atoms with Gasteiger partial charge in [-0.1, -0.05) is 12.1 Å². The van der Waals surface area contributed by atoms with Crippen molar-refractivity contribution in [2.45, 2.75) is 25.9 Å². The number of hydrogen-bond donors (Lipinski definition) is 0. The van der Waals surface area contributed by atoms with Crippen molar-refractivity contribution < 1.29 is 18.7 Å². The molecule has 0 bridgehead atoms. The summed E-state index contributed by atoms with van der Waals surface area (Å²) in [6, 6.07) is 11.6. The molecule has 2 aromatic heterocycles. The Balaban J connectivity index is 2.07. The molecule has 2 heterocycles. The Labute approximate surface area is 130 Å².